The van der Waals surface area contributed by atoms with E-state index in [2.05, 4.69) is 37.9 Å². The molecule has 6 nitrogen and oxygen atoms in total. The van der Waals surface area contributed by atoms with Gasteiger partial charge < -0.3 is 9.84 Å². The first kappa shape index (κ1) is 23.9. The molecule has 3 aromatic rings. The van der Waals surface area contributed by atoms with Crippen LogP contribution in [0.3, 0.4) is 0 Å². The molecule has 0 aliphatic heterocycles. The average molecular weight is 438 g/mol. The number of nitrogens with zero attached hydrogens (tertiary/aromatic N) is 3. The van der Waals surface area contributed by atoms with Crippen molar-refractivity contribution in [2.24, 2.45) is 0 Å². The average Bonchev–Trinajstić information content (AvgIpc) is 3.18. The van der Waals surface area contributed by atoms with Gasteiger partial charge in [0.1, 0.15) is 29.1 Å². The van der Waals surface area contributed by atoms with E-state index in [9.17, 15) is 9.90 Å². The van der Waals surface area contributed by atoms with Gasteiger partial charge in [-0.25, -0.2) is 0 Å². The molecule has 0 saturated carbocycles. The van der Waals surface area contributed by atoms with Crippen molar-refractivity contribution in [2.75, 3.05) is 13.2 Å². The highest BCUT2D eigenvalue weighted by molar-refractivity contribution is 5.79. The van der Waals surface area contributed by atoms with Crippen molar-refractivity contribution in [2.45, 2.75) is 71.6 Å². The van der Waals surface area contributed by atoms with E-state index in [1.165, 1.54) is 17.6 Å². The number of benzene rings is 2. The van der Waals surface area contributed by atoms with Gasteiger partial charge >= 0.3 is 0 Å². The number of hydrogen-bond donors (Lipinski definition) is 1. The lowest BCUT2D eigenvalue weighted by Crippen LogP contribution is -2.15. The highest BCUT2D eigenvalue weighted by Crippen LogP contribution is 2.36. The zero-order valence-electron chi connectivity index (χ0n) is 19.7. The number of ketones is 1. The van der Waals surface area contributed by atoms with E-state index in [1.807, 2.05) is 36.4 Å². The monoisotopic (exact) mass is 437 g/mol. The Morgan fingerprint density at radius 1 is 1.06 bits per heavy atom. The Bertz CT molecular complexity index is 1020. The highest BCUT2D eigenvalue weighted by atomic mass is 16.5. The maximum absolute atomic E-state index is 12.0. The zero-order valence-corrected chi connectivity index (χ0v) is 19.7. The van der Waals surface area contributed by atoms with Gasteiger partial charge in [0.2, 0.25) is 0 Å². The third-order valence-corrected chi connectivity index (χ3v) is 5.57. The summed E-state index contributed by atoms with van der Waals surface area (Å²) in [5.74, 6) is 0.347. The molecule has 0 bridgehead atoms. The van der Waals surface area contributed by atoms with Gasteiger partial charge in [-0.3, -0.25) is 4.79 Å². The standard InChI is InChI=1S/C26H35N3O3/c1-5-6-7-8-11-20(30)18-32-15-14-19-16-21(26(2,3)4)25(31)24(17-19)29-27-22-12-9-10-13-23(22)28-29/h9-10,12-13,16-17,31H,5-8,11,14-15,18H2,1-4H3. The van der Waals surface area contributed by atoms with Crippen LogP contribution in [0.2, 0.25) is 0 Å². The molecule has 172 valence electrons. The lowest BCUT2D eigenvalue weighted by Gasteiger charge is -2.23. The molecule has 1 N–H and O–H groups in total. The van der Waals surface area contributed by atoms with E-state index >= 15 is 0 Å². The van der Waals surface area contributed by atoms with E-state index in [-0.39, 0.29) is 23.6 Å². The Morgan fingerprint density at radius 2 is 1.75 bits per heavy atom. The Kier molecular flexibility index (Phi) is 8.02. The van der Waals surface area contributed by atoms with Crippen LogP contribution in [-0.4, -0.2) is 39.1 Å². The number of hydrogen-bond acceptors (Lipinski definition) is 5. The van der Waals surface area contributed by atoms with Crippen molar-refractivity contribution in [3.8, 4) is 11.4 Å². The van der Waals surface area contributed by atoms with Gasteiger partial charge in [0.15, 0.2) is 5.78 Å². The molecule has 0 unspecified atom stereocenters. The fraction of sp³-hybridized carbons (Fsp3) is 0.500. The maximum Gasteiger partial charge on any atom is 0.158 e. The van der Waals surface area contributed by atoms with Crippen molar-refractivity contribution in [3.05, 3.63) is 47.5 Å². The van der Waals surface area contributed by atoms with E-state index in [4.69, 9.17) is 4.74 Å². The Labute approximate surface area is 190 Å². The topological polar surface area (TPSA) is 77.2 Å². The summed E-state index contributed by atoms with van der Waals surface area (Å²) < 4.78 is 5.66. The van der Waals surface area contributed by atoms with Crippen molar-refractivity contribution in [3.63, 3.8) is 0 Å². The van der Waals surface area contributed by atoms with Gasteiger partial charge in [-0.15, -0.1) is 15.0 Å². The molecule has 32 heavy (non-hydrogen) atoms. The summed E-state index contributed by atoms with van der Waals surface area (Å²) in [6.07, 6.45) is 5.62. The number of carbonyl (C=O) groups excluding carboxylic acids is 1. The summed E-state index contributed by atoms with van der Waals surface area (Å²) in [6, 6.07) is 11.5. The van der Waals surface area contributed by atoms with Crippen LogP contribution in [0.4, 0.5) is 0 Å². The molecule has 0 aliphatic carbocycles. The van der Waals surface area contributed by atoms with E-state index in [0.717, 1.165) is 35.0 Å². The molecule has 6 heteroatoms. The Hall–Kier alpha value is -2.73. The minimum Gasteiger partial charge on any atom is -0.505 e. The molecule has 0 atom stereocenters. The molecule has 1 heterocycles. The van der Waals surface area contributed by atoms with Crippen molar-refractivity contribution < 1.29 is 14.6 Å². The summed E-state index contributed by atoms with van der Waals surface area (Å²) in [6.45, 7) is 8.97. The lowest BCUT2D eigenvalue weighted by atomic mass is 9.84. The summed E-state index contributed by atoms with van der Waals surface area (Å²) in [5.41, 5.74) is 3.69. The quantitative estimate of drug-likeness (QED) is 0.400. The fourth-order valence-electron chi connectivity index (χ4n) is 3.71. The molecule has 0 radical (unpaired) electrons. The highest BCUT2D eigenvalue weighted by Gasteiger charge is 2.23. The first-order valence-corrected chi connectivity index (χ1v) is 11.6. The molecule has 0 saturated heterocycles. The predicted octanol–water partition coefficient (Wildman–Crippen LogP) is 5.52. The number of Topliss-reactive ketones (excluding diaryl/α,β-unsaturated/α-hetero) is 1. The second kappa shape index (κ2) is 10.7. The fourth-order valence-corrected chi connectivity index (χ4v) is 3.71. The predicted molar refractivity (Wildman–Crippen MR) is 128 cm³/mol. The first-order valence-electron chi connectivity index (χ1n) is 11.6. The van der Waals surface area contributed by atoms with Crippen LogP contribution in [0, 0.1) is 0 Å². The molecule has 1 aromatic heterocycles. The van der Waals surface area contributed by atoms with Crippen LogP contribution in [-0.2, 0) is 21.4 Å². The molecule has 3 rings (SSSR count). The molecule has 0 amide bonds. The minimum atomic E-state index is -0.253. The first-order chi connectivity index (χ1) is 15.3. The summed E-state index contributed by atoms with van der Waals surface area (Å²) in [4.78, 5) is 13.5. The second-order valence-electron chi connectivity index (χ2n) is 9.39. The molecule has 0 aliphatic rings. The third kappa shape index (κ3) is 6.16. The van der Waals surface area contributed by atoms with Gasteiger partial charge in [-0.2, -0.15) is 0 Å². The second-order valence-corrected chi connectivity index (χ2v) is 9.39. The number of fused-ring (bicyclic) bond motifs is 1. The number of phenols is 1. The van der Waals surface area contributed by atoms with Gasteiger partial charge in [0.25, 0.3) is 0 Å². The van der Waals surface area contributed by atoms with Crippen molar-refractivity contribution in [1.29, 1.82) is 0 Å². The molecular weight excluding hydrogens is 402 g/mol. The van der Waals surface area contributed by atoms with Gasteiger partial charge in [-0.05, 0) is 42.0 Å². The van der Waals surface area contributed by atoms with Gasteiger partial charge in [0.05, 0.1) is 6.61 Å². The smallest absolute Gasteiger partial charge is 0.158 e. The van der Waals surface area contributed by atoms with Crippen molar-refractivity contribution >= 4 is 16.8 Å². The molecular formula is C26H35N3O3. The summed E-state index contributed by atoms with van der Waals surface area (Å²) >= 11 is 0. The van der Waals surface area contributed by atoms with Gasteiger partial charge in [0, 0.05) is 12.0 Å². The minimum absolute atomic E-state index is 0.162. The van der Waals surface area contributed by atoms with E-state index < -0.39 is 0 Å². The van der Waals surface area contributed by atoms with Crippen LogP contribution in [0.5, 0.6) is 5.75 Å². The molecule has 0 fully saturated rings. The molecule has 2 aromatic carbocycles. The molecule has 0 spiro atoms. The largest absolute Gasteiger partial charge is 0.505 e. The van der Waals surface area contributed by atoms with Crippen LogP contribution in [0.1, 0.15) is 70.9 Å². The number of ether oxygens (including phenoxy) is 1. The van der Waals surface area contributed by atoms with Crippen LogP contribution >= 0.6 is 0 Å². The van der Waals surface area contributed by atoms with E-state index in [0.29, 0.717) is 25.1 Å². The maximum atomic E-state index is 12.0. The third-order valence-electron chi connectivity index (χ3n) is 5.57. The number of aromatic nitrogens is 3. The van der Waals surface area contributed by atoms with Crippen LogP contribution in [0.15, 0.2) is 36.4 Å². The Morgan fingerprint density at radius 3 is 2.38 bits per heavy atom. The lowest BCUT2D eigenvalue weighted by molar-refractivity contribution is -0.123. The van der Waals surface area contributed by atoms with Gasteiger partial charge in [-0.1, -0.05) is 65.2 Å². The number of rotatable bonds is 11. The number of aromatic hydroxyl groups is 1. The van der Waals surface area contributed by atoms with Crippen LogP contribution in [0.25, 0.3) is 16.7 Å². The SMILES string of the molecule is CCCCCCC(=O)COCCc1cc(-n2nc3ccccc3n2)c(O)c(C(C)(C)C)c1. The zero-order chi connectivity index (χ0) is 23.1. The number of phenolic OH excluding ortho intramolecular Hbond substituents is 1. The summed E-state index contributed by atoms with van der Waals surface area (Å²) in [7, 11) is 0. The van der Waals surface area contributed by atoms with Crippen LogP contribution < -0.4 is 0 Å². The van der Waals surface area contributed by atoms with Crippen molar-refractivity contribution in [1.82, 2.24) is 15.0 Å². The van der Waals surface area contributed by atoms with E-state index in [1.54, 1.807) is 0 Å². The summed E-state index contributed by atoms with van der Waals surface area (Å²) in [5, 5.41) is 20.1. The normalized spacial score (nSPS) is 11.9. The number of carbonyl (C=O) groups is 1. The Balaban J connectivity index is 1.72. The number of unbranched alkanes of at least 4 members (excludes halogenated alkanes) is 3.